The van der Waals surface area contributed by atoms with Crippen LogP contribution in [0.1, 0.15) is 41.6 Å². The predicted octanol–water partition coefficient (Wildman–Crippen LogP) is 9.22. The zero-order chi connectivity index (χ0) is 40.9. The number of rotatable bonds is 11. The molecule has 4 heterocycles. The van der Waals surface area contributed by atoms with Crippen molar-refractivity contribution in [3.63, 3.8) is 0 Å². The van der Waals surface area contributed by atoms with Crippen molar-refractivity contribution in [2.45, 2.75) is 38.7 Å². The number of likely N-dealkylation sites (tertiary alicyclic amines) is 2. The molecule has 2 aliphatic heterocycles. The molecule has 15 heteroatoms. The maximum atomic E-state index is 12.6. The maximum absolute atomic E-state index is 12.6. The molecule has 2 amide bonds. The van der Waals surface area contributed by atoms with E-state index in [-0.39, 0.29) is 17.8 Å². The summed E-state index contributed by atoms with van der Waals surface area (Å²) >= 11 is 5.84. The number of hydrogen-bond acceptors (Lipinski definition) is 10. The van der Waals surface area contributed by atoms with Gasteiger partial charge in [-0.3, -0.25) is 0 Å². The summed E-state index contributed by atoms with van der Waals surface area (Å²) in [6.45, 7) is 4.69. The third-order valence-electron chi connectivity index (χ3n) is 9.36. The number of aromatic carboxylic acids is 1. The van der Waals surface area contributed by atoms with Gasteiger partial charge in [-0.15, -0.1) is 0 Å². The van der Waals surface area contributed by atoms with E-state index in [0.29, 0.717) is 91.3 Å². The molecule has 58 heavy (non-hydrogen) atoms. The van der Waals surface area contributed by atoms with Crippen LogP contribution in [0.15, 0.2) is 109 Å². The minimum absolute atomic E-state index is 0.0162. The van der Waals surface area contributed by atoms with Crippen molar-refractivity contribution >= 4 is 29.8 Å². The van der Waals surface area contributed by atoms with E-state index in [4.69, 9.17) is 45.5 Å². The number of aromatic nitrogens is 2. The second-order valence-corrected chi connectivity index (χ2v) is 14.1. The van der Waals surface area contributed by atoms with Gasteiger partial charge >= 0.3 is 18.2 Å². The molecule has 2 aromatic heterocycles. The molecule has 302 valence electrons. The lowest BCUT2D eigenvalue weighted by Crippen LogP contribution is -2.43. The van der Waals surface area contributed by atoms with Crippen LogP contribution in [0, 0.1) is 12.8 Å². The SMILES string of the molecule is Cc1ccc(Oc2ccc(OC3CCN(C(=O)Oc4ccc(Oc5ccc(Cl)cn5)cc4)CC3)cc2)nc1.O=C(O)c1ccc(OCC2CCN(C(=O)O)CC2)cc1. The number of amides is 2. The minimum Gasteiger partial charge on any atom is -0.493 e. The lowest BCUT2D eigenvalue weighted by atomic mass is 9.98. The van der Waals surface area contributed by atoms with Crippen molar-refractivity contribution in [1.29, 1.82) is 0 Å². The number of ether oxygens (including phenoxy) is 5. The van der Waals surface area contributed by atoms with Crippen LogP contribution < -0.4 is 23.7 Å². The summed E-state index contributed by atoms with van der Waals surface area (Å²) in [5.41, 5.74) is 1.31. The molecule has 2 fully saturated rings. The molecule has 0 saturated carbocycles. The molecule has 7 rings (SSSR count). The Morgan fingerprint density at radius 1 is 0.655 bits per heavy atom. The van der Waals surface area contributed by atoms with E-state index in [0.717, 1.165) is 24.2 Å². The van der Waals surface area contributed by atoms with Crippen molar-refractivity contribution < 1.29 is 48.3 Å². The first-order chi connectivity index (χ1) is 28.1. The summed E-state index contributed by atoms with van der Waals surface area (Å²) in [7, 11) is 0. The Balaban J connectivity index is 0.000000239. The smallest absolute Gasteiger partial charge is 0.415 e. The topological polar surface area (TPSA) is 170 Å². The Morgan fingerprint density at radius 3 is 1.72 bits per heavy atom. The van der Waals surface area contributed by atoms with Crippen LogP contribution in [0.5, 0.6) is 40.5 Å². The number of aryl methyl sites for hydroxylation is 1. The van der Waals surface area contributed by atoms with Crippen LogP contribution in [-0.2, 0) is 0 Å². The molecule has 3 aromatic carbocycles. The number of nitrogens with zero attached hydrogens (tertiary/aromatic N) is 4. The summed E-state index contributed by atoms with van der Waals surface area (Å²) in [5, 5.41) is 18.2. The number of carboxylic acid groups (broad SMARTS) is 2. The molecule has 0 spiro atoms. The summed E-state index contributed by atoms with van der Waals surface area (Å²) in [6.07, 6.45) is 5.04. The van der Waals surface area contributed by atoms with Crippen molar-refractivity contribution in [3.8, 4) is 40.5 Å². The summed E-state index contributed by atoms with van der Waals surface area (Å²) in [6, 6.07) is 27.7. The lowest BCUT2D eigenvalue weighted by Gasteiger charge is -2.31. The summed E-state index contributed by atoms with van der Waals surface area (Å²) in [4.78, 5) is 45.6. The molecule has 0 aliphatic carbocycles. The molecule has 5 aromatic rings. The highest BCUT2D eigenvalue weighted by atomic mass is 35.5. The molecular formula is C43H43ClN4O10. The first-order valence-electron chi connectivity index (χ1n) is 18.7. The lowest BCUT2D eigenvalue weighted by molar-refractivity contribution is 0.0696. The Morgan fingerprint density at radius 2 is 1.19 bits per heavy atom. The van der Waals surface area contributed by atoms with Gasteiger partial charge in [0.1, 0.15) is 34.9 Å². The number of hydrogen-bond donors (Lipinski definition) is 2. The predicted molar refractivity (Wildman–Crippen MR) is 214 cm³/mol. The molecule has 0 bridgehead atoms. The van der Waals surface area contributed by atoms with Gasteiger partial charge in [0, 0.05) is 63.5 Å². The Labute approximate surface area is 340 Å². The molecule has 14 nitrogen and oxygen atoms in total. The van der Waals surface area contributed by atoms with Gasteiger partial charge in [-0.2, -0.15) is 0 Å². The highest BCUT2D eigenvalue weighted by Crippen LogP contribution is 2.27. The van der Waals surface area contributed by atoms with Gasteiger partial charge in [0.15, 0.2) is 0 Å². The van der Waals surface area contributed by atoms with Gasteiger partial charge in [-0.25, -0.2) is 24.4 Å². The summed E-state index contributed by atoms with van der Waals surface area (Å²) in [5.74, 6) is 3.44. The van der Waals surface area contributed by atoms with Crippen LogP contribution in [0.25, 0.3) is 0 Å². The van der Waals surface area contributed by atoms with Crippen LogP contribution in [0.4, 0.5) is 9.59 Å². The maximum Gasteiger partial charge on any atom is 0.415 e. The zero-order valence-electron chi connectivity index (χ0n) is 31.7. The molecule has 2 aliphatic rings. The normalized spacial score (nSPS) is 14.4. The monoisotopic (exact) mass is 810 g/mol. The van der Waals surface area contributed by atoms with Crippen LogP contribution in [0.2, 0.25) is 5.02 Å². The van der Waals surface area contributed by atoms with E-state index in [1.165, 1.54) is 23.2 Å². The van der Waals surface area contributed by atoms with Crippen LogP contribution in [-0.4, -0.2) is 87.0 Å². The molecular weight excluding hydrogens is 768 g/mol. The van der Waals surface area contributed by atoms with Gasteiger partial charge in [0.2, 0.25) is 11.8 Å². The van der Waals surface area contributed by atoms with Crippen molar-refractivity contribution in [2.24, 2.45) is 5.92 Å². The van der Waals surface area contributed by atoms with E-state index in [1.54, 1.807) is 59.6 Å². The third kappa shape index (κ3) is 12.5. The van der Waals surface area contributed by atoms with Crippen molar-refractivity contribution in [3.05, 3.63) is 126 Å². The van der Waals surface area contributed by atoms with Crippen molar-refractivity contribution in [1.82, 2.24) is 19.8 Å². The number of pyridine rings is 2. The fraction of sp³-hybridized carbons (Fsp3) is 0.279. The van der Waals surface area contributed by atoms with Crippen LogP contribution in [0.3, 0.4) is 0 Å². The summed E-state index contributed by atoms with van der Waals surface area (Å²) < 4.78 is 28.7. The van der Waals surface area contributed by atoms with E-state index in [1.807, 2.05) is 43.3 Å². The first-order valence-corrected chi connectivity index (χ1v) is 19.1. The number of carbonyl (C=O) groups is 3. The van der Waals surface area contributed by atoms with Crippen molar-refractivity contribution in [2.75, 3.05) is 32.8 Å². The third-order valence-corrected chi connectivity index (χ3v) is 9.58. The Bertz CT molecular complexity index is 2090. The molecule has 0 radical (unpaired) electrons. The van der Waals surface area contributed by atoms with E-state index >= 15 is 0 Å². The fourth-order valence-corrected chi connectivity index (χ4v) is 6.17. The van der Waals surface area contributed by atoms with Gasteiger partial charge in [0.25, 0.3) is 0 Å². The largest absolute Gasteiger partial charge is 0.493 e. The quantitative estimate of drug-likeness (QED) is 0.130. The molecule has 2 N–H and O–H groups in total. The second-order valence-electron chi connectivity index (χ2n) is 13.7. The minimum atomic E-state index is -0.961. The van der Waals surface area contributed by atoms with E-state index in [9.17, 15) is 14.4 Å². The number of carboxylic acids is 1. The van der Waals surface area contributed by atoms with Crippen LogP contribution >= 0.6 is 11.6 Å². The molecule has 2 saturated heterocycles. The van der Waals surface area contributed by atoms with E-state index < -0.39 is 12.1 Å². The van der Waals surface area contributed by atoms with Gasteiger partial charge < -0.3 is 43.7 Å². The zero-order valence-corrected chi connectivity index (χ0v) is 32.5. The Kier molecular flexibility index (Phi) is 14.2. The molecule has 0 unspecified atom stereocenters. The standard InChI is InChI=1S/C29H26ClN3O5.C14H17NO5/c1-20-2-12-27(31-18-20)36-23-6-4-22(5-7-23)35-26-14-16-33(17-15-26)29(34)38-25-10-8-24(9-11-25)37-28-13-3-21(30)19-32-28;16-13(17)11-1-3-12(4-2-11)20-9-10-5-7-15(8-6-10)14(18)19/h2-13,18-19,26H,14-17H2,1H3;1-4,10H,5-9H2,(H,16,17)(H,18,19). The van der Waals surface area contributed by atoms with Gasteiger partial charge in [-0.1, -0.05) is 17.7 Å². The highest BCUT2D eigenvalue weighted by molar-refractivity contribution is 6.30. The molecule has 0 atom stereocenters. The second kappa shape index (κ2) is 20.1. The van der Waals surface area contributed by atoms with Gasteiger partial charge in [-0.05, 0) is 110 Å². The average Bonchev–Trinajstić information content (AvgIpc) is 3.24. The van der Waals surface area contributed by atoms with Gasteiger partial charge in [0.05, 0.1) is 17.2 Å². The first kappa shape index (κ1) is 41.1. The Hall–Kier alpha value is -6.54. The van der Waals surface area contributed by atoms with E-state index in [2.05, 4.69) is 9.97 Å². The number of halogens is 1. The number of carbonyl (C=O) groups excluding carboxylic acids is 1. The number of benzene rings is 3. The number of piperidine rings is 2. The fourth-order valence-electron chi connectivity index (χ4n) is 6.05. The average molecular weight is 811 g/mol. The highest BCUT2D eigenvalue weighted by Gasteiger charge is 2.26.